The average Bonchev–Trinajstić information content (AvgIpc) is 2.68. The number of nitrogens with one attached hydrogen (secondary N) is 1. The SMILES string of the molecule is COc1ccc(NC(=S)N2CCN(c3cccc(C(F)(F)F)c3)CC2)nc1. The first kappa shape index (κ1) is 19.2. The van der Waals surface area contributed by atoms with Gasteiger partial charge in [-0.05, 0) is 42.5 Å². The van der Waals surface area contributed by atoms with Crippen molar-refractivity contribution in [2.45, 2.75) is 6.18 Å². The molecule has 5 nitrogen and oxygen atoms in total. The van der Waals surface area contributed by atoms with Gasteiger partial charge in [-0.25, -0.2) is 4.98 Å². The van der Waals surface area contributed by atoms with Crippen LogP contribution in [0, 0.1) is 0 Å². The Bertz CT molecular complexity index is 790. The van der Waals surface area contributed by atoms with Crippen molar-refractivity contribution in [1.82, 2.24) is 9.88 Å². The van der Waals surface area contributed by atoms with Crippen LogP contribution in [-0.4, -0.2) is 48.3 Å². The summed E-state index contributed by atoms with van der Waals surface area (Å²) in [6, 6.07) is 8.95. The van der Waals surface area contributed by atoms with Crippen molar-refractivity contribution in [2.75, 3.05) is 43.5 Å². The molecule has 1 fully saturated rings. The maximum Gasteiger partial charge on any atom is 0.416 e. The van der Waals surface area contributed by atoms with E-state index in [1.54, 1.807) is 31.5 Å². The molecule has 144 valence electrons. The van der Waals surface area contributed by atoms with Crippen LogP contribution in [0.4, 0.5) is 24.7 Å². The van der Waals surface area contributed by atoms with Crippen LogP contribution in [0.25, 0.3) is 0 Å². The van der Waals surface area contributed by atoms with Gasteiger partial charge in [0.25, 0.3) is 0 Å². The molecular formula is C18H19F3N4OS. The Morgan fingerprint density at radius 3 is 2.48 bits per heavy atom. The fourth-order valence-corrected chi connectivity index (χ4v) is 3.10. The average molecular weight is 396 g/mol. The molecule has 3 rings (SSSR count). The third kappa shape index (κ3) is 4.79. The molecule has 0 bridgehead atoms. The number of hydrogen-bond donors (Lipinski definition) is 1. The molecule has 0 amide bonds. The largest absolute Gasteiger partial charge is 0.495 e. The van der Waals surface area contributed by atoms with Crippen molar-refractivity contribution in [3.63, 3.8) is 0 Å². The number of alkyl halides is 3. The molecule has 27 heavy (non-hydrogen) atoms. The van der Waals surface area contributed by atoms with Crippen molar-refractivity contribution in [3.8, 4) is 5.75 Å². The van der Waals surface area contributed by atoms with Gasteiger partial charge in [0.2, 0.25) is 0 Å². The minimum Gasteiger partial charge on any atom is -0.495 e. The lowest BCUT2D eigenvalue weighted by Crippen LogP contribution is -2.50. The summed E-state index contributed by atoms with van der Waals surface area (Å²) < 4.78 is 43.7. The molecule has 0 radical (unpaired) electrons. The summed E-state index contributed by atoms with van der Waals surface area (Å²) >= 11 is 5.42. The quantitative estimate of drug-likeness (QED) is 0.799. The molecule has 2 aromatic rings. The van der Waals surface area contributed by atoms with Gasteiger partial charge >= 0.3 is 6.18 Å². The van der Waals surface area contributed by atoms with Crippen LogP contribution >= 0.6 is 12.2 Å². The van der Waals surface area contributed by atoms with E-state index in [0.717, 1.165) is 6.07 Å². The van der Waals surface area contributed by atoms with Crippen molar-refractivity contribution in [2.24, 2.45) is 0 Å². The molecule has 1 saturated heterocycles. The lowest BCUT2D eigenvalue weighted by Gasteiger charge is -2.37. The smallest absolute Gasteiger partial charge is 0.416 e. The lowest BCUT2D eigenvalue weighted by molar-refractivity contribution is -0.137. The second kappa shape index (κ2) is 7.99. The highest BCUT2D eigenvalue weighted by molar-refractivity contribution is 7.80. The number of methoxy groups -OCH3 is 1. The Kier molecular flexibility index (Phi) is 5.69. The maximum absolute atomic E-state index is 12.9. The van der Waals surface area contributed by atoms with E-state index < -0.39 is 11.7 Å². The predicted octanol–water partition coefficient (Wildman–Crippen LogP) is 3.63. The van der Waals surface area contributed by atoms with E-state index in [1.807, 2.05) is 9.80 Å². The highest BCUT2D eigenvalue weighted by Gasteiger charge is 2.31. The molecule has 1 aromatic carbocycles. The van der Waals surface area contributed by atoms with E-state index in [-0.39, 0.29) is 0 Å². The van der Waals surface area contributed by atoms with Gasteiger partial charge in [-0.1, -0.05) is 6.07 Å². The molecule has 9 heteroatoms. The number of thiocarbonyl (C=S) groups is 1. The number of rotatable bonds is 3. The van der Waals surface area contributed by atoms with Crippen LogP contribution in [0.15, 0.2) is 42.6 Å². The first-order valence-corrected chi connectivity index (χ1v) is 8.76. The van der Waals surface area contributed by atoms with E-state index in [4.69, 9.17) is 17.0 Å². The second-order valence-corrected chi connectivity index (χ2v) is 6.42. The summed E-state index contributed by atoms with van der Waals surface area (Å²) in [5.41, 5.74) is -0.0645. The number of benzene rings is 1. The number of anilines is 2. The number of hydrogen-bond acceptors (Lipinski definition) is 4. The number of aromatic nitrogens is 1. The summed E-state index contributed by atoms with van der Waals surface area (Å²) in [6.07, 6.45) is -2.74. The number of halogens is 3. The van der Waals surface area contributed by atoms with E-state index >= 15 is 0 Å². The molecule has 1 aliphatic heterocycles. The van der Waals surface area contributed by atoms with Crippen LogP contribution in [0.1, 0.15) is 5.56 Å². The van der Waals surface area contributed by atoms with Gasteiger partial charge in [0, 0.05) is 31.9 Å². The lowest BCUT2D eigenvalue weighted by atomic mass is 10.1. The molecule has 0 aliphatic carbocycles. The zero-order valence-corrected chi connectivity index (χ0v) is 15.5. The first-order valence-electron chi connectivity index (χ1n) is 8.35. The van der Waals surface area contributed by atoms with Crippen LogP contribution in [0.3, 0.4) is 0 Å². The van der Waals surface area contributed by atoms with Crippen molar-refractivity contribution in [3.05, 3.63) is 48.2 Å². The van der Waals surface area contributed by atoms with Gasteiger partial charge in [-0.3, -0.25) is 0 Å². The van der Waals surface area contributed by atoms with Crippen LogP contribution in [0.5, 0.6) is 5.75 Å². The maximum atomic E-state index is 12.9. The van der Waals surface area contributed by atoms with Gasteiger partial charge < -0.3 is 19.9 Å². The molecule has 0 atom stereocenters. The van der Waals surface area contributed by atoms with Crippen LogP contribution < -0.4 is 15.0 Å². The zero-order chi connectivity index (χ0) is 19.4. The Morgan fingerprint density at radius 2 is 1.89 bits per heavy atom. The fraction of sp³-hybridized carbons (Fsp3) is 0.333. The molecule has 0 spiro atoms. The van der Waals surface area contributed by atoms with Gasteiger partial charge in [-0.15, -0.1) is 0 Å². The molecule has 1 aliphatic rings. The number of ether oxygens (including phenoxy) is 1. The minimum absolute atomic E-state index is 0.538. The highest BCUT2D eigenvalue weighted by Crippen LogP contribution is 2.31. The zero-order valence-electron chi connectivity index (χ0n) is 14.7. The van der Waals surface area contributed by atoms with Gasteiger partial charge in [0.1, 0.15) is 11.6 Å². The number of pyridine rings is 1. The molecule has 0 saturated carbocycles. The number of nitrogens with zero attached hydrogens (tertiary/aromatic N) is 3. The monoisotopic (exact) mass is 396 g/mol. The minimum atomic E-state index is -4.34. The number of piperazine rings is 1. The van der Waals surface area contributed by atoms with Crippen molar-refractivity contribution < 1.29 is 17.9 Å². The van der Waals surface area contributed by atoms with Gasteiger partial charge in [0.05, 0.1) is 18.9 Å². The second-order valence-electron chi connectivity index (χ2n) is 6.04. The third-order valence-corrected chi connectivity index (χ3v) is 4.67. The molecule has 0 unspecified atom stereocenters. The molecular weight excluding hydrogens is 377 g/mol. The predicted molar refractivity (Wildman–Crippen MR) is 102 cm³/mol. The Hall–Kier alpha value is -2.55. The van der Waals surface area contributed by atoms with Gasteiger partial charge in [0.15, 0.2) is 5.11 Å². The summed E-state index contributed by atoms with van der Waals surface area (Å²) in [5, 5.41) is 3.61. The van der Waals surface area contributed by atoms with E-state index in [2.05, 4.69) is 10.3 Å². The highest BCUT2D eigenvalue weighted by atomic mass is 32.1. The van der Waals surface area contributed by atoms with Gasteiger partial charge in [-0.2, -0.15) is 13.2 Å². The van der Waals surface area contributed by atoms with E-state index in [9.17, 15) is 13.2 Å². The summed E-state index contributed by atoms with van der Waals surface area (Å²) in [4.78, 5) is 8.12. The molecule has 1 N–H and O–H groups in total. The topological polar surface area (TPSA) is 40.6 Å². The first-order chi connectivity index (χ1) is 12.9. The Labute approximate surface area is 160 Å². The van der Waals surface area contributed by atoms with Crippen molar-refractivity contribution in [1.29, 1.82) is 0 Å². The summed E-state index contributed by atoms with van der Waals surface area (Å²) in [5.74, 6) is 1.27. The summed E-state index contributed by atoms with van der Waals surface area (Å²) in [6.45, 7) is 2.38. The Balaban J connectivity index is 1.57. The van der Waals surface area contributed by atoms with Crippen LogP contribution in [-0.2, 0) is 6.18 Å². The summed E-state index contributed by atoms with van der Waals surface area (Å²) in [7, 11) is 1.57. The van der Waals surface area contributed by atoms with E-state index in [0.29, 0.717) is 48.5 Å². The van der Waals surface area contributed by atoms with Crippen LogP contribution in [0.2, 0.25) is 0 Å². The normalized spacial score (nSPS) is 14.8. The van der Waals surface area contributed by atoms with E-state index in [1.165, 1.54) is 12.1 Å². The third-order valence-electron chi connectivity index (χ3n) is 4.31. The molecule has 2 heterocycles. The fourth-order valence-electron chi connectivity index (χ4n) is 2.81. The van der Waals surface area contributed by atoms with Crippen molar-refractivity contribution >= 4 is 28.8 Å². The standard InChI is InChI=1S/C18H19F3N4OS/c1-26-15-5-6-16(22-12-15)23-17(27)25-9-7-24(8-10-25)14-4-2-3-13(11-14)18(19,20)21/h2-6,11-12H,7-10H2,1H3,(H,22,23,27). The molecule has 1 aromatic heterocycles. The Morgan fingerprint density at radius 1 is 1.15 bits per heavy atom.